The number of amides is 3. The Kier molecular flexibility index (Phi) is 7.85. The van der Waals surface area contributed by atoms with Crippen LogP contribution in [0.4, 0.5) is 9.18 Å². The molecule has 1 aliphatic rings. The summed E-state index contributed by atoms with van der Waals surface area (Å²) in [5.41, 5.74) is -0.226. The highest BCUT2D eigenvalue weighted by atomic mass is 79.9. The molecule has 1 heterocycles. The molecule has 9 heteroatoms. The molecule has 1 aromatic rings. The molecular formula is C21H29BrFN3O4. The van der Waals surface area contributed by atoms with Crippen LogP contribution < -0.4 is 5.32 Å². The van der Waals surface area contributed by atoms with E-state index in [-0.39, 0.29) is 25.4 Å². The molecule has 0 aromatic heterocycles. The van der Waals surface area contributed by atoms with E-state index in [0.717, 1.165) is 4.47 Å². The van der Waals surface area contributed by atoms with Gasteiger partial charge in [0.2, 0.25) is 11.8 Å². The normalized spacial score (nSPS) is 18.5. The van der Waals surface area contributed by atoms with E-state index < -0.39 is 35.7 Å². The van der Waals surface area contributed by atoms with Crippen molar-refractivity contribution in [2.24, 2.45) is 0 Å². The Morgan fingerprint density at radius 3 is 2.30 bits per heavy atom. The molecule has 2 rings (SSSR count). The van der Waals surface area contributed by atoms with Crippen molar-refractivity contribution in [1.29, 1.82) is 0 Å². The highest BCUT2D eigenvalue weighted by Gasteiger charge is 2.41. The van der Waals surface area contributed by atoms with Gasteiger partial charge in [-0.15, -0.1) is 0 Å². The minimum atomic E-state index is -1.23. The number of rotatable bonds is 5. The smallest absolute Gasteiger partial charge is 0.408 e. The topological polar surface area (TPSA) is 79.0 Å². The van der Waals surface area contributed by atoms with Crippen LogP contribution in [0.15, 0.2) is 28.7 Å². The number of alkyl halides is 1. The van der Waals surface area contributed by atoms with Crippen LogP contribution >= 0.6 is 15.9 Å². The highest BCUT2D eigenvalue weighted by Crippen LogP contribution is 2.27. The Morgan fingerprint density at radius 2 is 1.83 bits per heavy atom. The van der Waals surface area contributed by atoms with E-state index in [1.807, 2.05) is 0 Å². The molecule has 1 fully saturated rings. The average molecular weight is 486 g/mol. The van der Waals surface area contributed by atoms with Crippen LogP contribution in [0, 0.1) is 0 Å². The molecule has 3 amide bonds. The van der Waals surface area contributed by atoms with E-state index in [1.165, 1.54) is 9.80 Å². The van der Waals surface area contributed by atoms with Gasteiger partial charge in [0.05, 0.1) is 12.5 Å². The summed E-state index contributed by atoms with van der Waals surface area (Å²) in [4.78, 5) is 41.6. The number of carbonyl (C=O) groups is 3. The fraction of sp³-hybridized carbons (Fsp3) is 0.571. The molecule has 3 atom stereocenters. The number of likely N-dealkylation sites (tertiary alicyclic amines) is 1. The lowest BCUT2D eigenvalue weighted by Crippen LogP contribution is -2.55. The molecule has 1 saturated heterocycles. The van der Waals surface area contributed by atoms with Crippen LogP contribution in [0.2, 0.25) is 0 Å². The Hall–Kier alpha value is -2.16. The zero-order valence-corrected chi connectivity index (χ0v) is 19.5. The van der Waals surface area contributed by atoms with Gasteiger partial charge in [-0.05, 0) is 44.9 Å². The Bertz CT molecular complexity index is 779. The van der Waals surface area contributed by atoms with E-state index in [1.54, 1.807) is 59.1 Å². The first-order chi connectivity index (χ1) is 13.9. The summed E-state index contributed by atoms with van der Waals surface area (Å²) in [5, 5.41) is 2.58. The number of carbonyl (C=O) groups excluding carboxylic acids is 3. The maximum absolute atomic E-state index is 13.8. The largest absolute Gasteiger partial charge is 0.444 e. The van der Waals surface area contributed by atoms with Gasteiger partial charge in [0.25, 0.3) is 0 Å². The number of ether oxygens (including phenoxy) is 1. The molecule has 0 radical (unpaired) electrons. The number of nitrogens with one attached hydrogen (secondary N) is 1. The lowest BCUT2D eigenvalue weighted by Gasteiger charge is -2.32. The second kappa shape index (κ2) is 9.76. The first kappa shape index (κ1) is 24.1. The second-order valence-electron chi connectivity index (χ2n) is 8.56. The highest BCUT2D eigenvalue weighted by molar-refractivity contribution is 9.10. The monoisotopic (exact) mass is 485 g/mol. The maximum Gasteiger partial charge on any atom is 0.408 e. The fourth-order valence-electron chi connectivity index (χ4n) is 3.26. The third-order valence-corrected chi connectivity index (χ3v) is 5.18. The molecular weight excluding hydrogens is 457 g/mol. The van der Waals surface area contributed by atoms with Crippen molar-refractivity contribution in [1.82, 2.24) is 15.1 Å². The number of halogens is 2. The summed E-state index contributed by atoms with van der Waals surface area (Å²) in [5.74, 6) is -1.86. The van der Waals surface area contributed by atoms with Crippen LogP contribution in [0.5, 0.6) is 0 Å². The van der Waals surface area contributed by atoms with Crippen LogP contribution in [0.3, 0.4) is 0 Å². The Balaban J connectivity index is 2.45. The number of hydrogen-bond donors (Lipinski definition) is 1. The predicted octanol–water partition coefficient (Wildman–Crippen LogP) is 3.08. The van der Waals surface area contributed by atoms with Crippen molar-refractivity contribution in [2.75, 3.05) is 27.2 Å². The van der Waals surface area contributed by atoms with Crippen LogP contribution in [0.25, 0.3) is 0 Å². The molecule has 0 unspecified atom stereocenters. The molecule has 1 aliphatic heterocycles. The Labute approximate surface area is 185 Å². The van der Waals surface area contributed by atoms with E-state index in [0.29, 0.717) is 5.56 Å². The van der Waals surface area contributed by atoms with Gasteiger partial charge in [-0.25, -0.2) is 9.18 Å². The first-order valence-electron chi connectivity index (χ1n) is 9.78. The lowest BCUT2D eigenvalue weighted by molar-refractivity contribution is -0.139. The fourth-order valence-corrected chi connectivity index (χ4v) is 3.53. The number of hydrogen-bond acceptors (Lipinski definition) is 4. The summed E-state index contributed by atoms with van der Waals surface area (Å²) in [6.45, 7) is 5.28. The molecule has 0 aliphatic carbocycles. The van der Waals surface area contributed by atoms with E-state index >= 15 is 0 Å². The molecule has 1 N–H and O–H groups in total. The molecule has 30 heavy (non-hydrogen) atoms. The minimum absolute atomic E-state index is 0.0610. The predicted molar refractivity (Wildman–Crippen MR) is 115 cm³/mol. The van der Waals surface area contributed by atoms with Crippen molar-refractivity contribution in [3.8, 4) is 0 Å². The summed E-state index contributed by atoms with van der Waals surface area (Å²) in [7, 11) is 3.16. The Morgan fingerprint density at radius 1 is 1.23 bits per heavy atom. The summed E-state index contributed by atoms with van der Waals surface area (Å²) < 4.78 is 19.9. The zero-order valence-electron chi connectivity index (χ0n) is 17.9. The van der Waals surface area contributed by atoms with E-state index in [4.69, 9.17) is 4.74 Å². The van der Waals surface area contributed by atoms with Gasteiger partial charge in [0.15, 0.2) is 0 Å². The van der Waals surface area contributed by atoms with Crippen molar-refractivity contribution in [3.05, 3.63) is 34.3 Å². The summed E-state index contributed by atoms with van der Waals surface area (Å²) in [6.07, 6.45) is -1.70. The van der Waals surface area contributed by atoms with Gasteiger partial charge in [0.1, 0.15) is 17.8 Å². The van der Waals surface area contributed by atoms with Gasteiger partial charge >= 0.3 is 6.09 Å². The summed E-state index contributed by atoms with van der Waals surface area (Å²) >= 11 is 3.36. The van der Waals surface area contributed by atoms with Crippen LogP contribution in [-0.2, 0) is 14.3 Å². The molecule has 0 spiro atoms. The molecule has 0 bridgehead atoms. The number of nitrogens with zero attached hydrogens (tertiary/aromatic N) is 2. The van der Waals surface area contributed by atoms with Crippen LogP contribution in [-0.4, -0.2) is 72.7 Å². The van der Waals surface area contributed by atoms with Gasteiger partial charge in [-0.2, -0.15) is 0 Å². The summed E-state index contributed by atoms with van der Waals surface area (Å²) in [6, 6.07) is 5.72. The minimum Gasteiger partial charge on any atom is -0.444 e. The maximum atomic E-state index is 13.8. The number of benzene rings is 1. The van der Waals surface area contributed by atoms with Crippen molar-refractivity contribution in [3.63, 3.8) is 0 Å². The van der Waals surface area contributed by atoms with Crippen molar-refractivity contribution < 1.29 is 23.5 Å². The van der Waals surface area contributed by atoms with Crippen LogP contribution in [0.1, 0.15) is 38.7 Å². The SMILES string of the molecule is CN(C)C(=O)[C@@H](c1ccc(Br)cc1)[C@H](NC(=O)OC(C)(C)C)C(=O)N1CC[C@H](F)C1. The molecule has 166 valence electrons. The van der Waals surface area contributed by atoms with Crippen molar-refractivity contribution in [2.45, 2.75) is 50.9 Å². The van der Waals surface area contributed by atoms with Gasteiger partial charge < -0.3 is 19.9 Å². The van der Waals surface area contributed by atoms with Crippen molar-refractivity contribution >= 4 is 33.8 Å². The van der Waals surface area contributed by atoms with E-state index in [2.05, 4.69) is 21.2 Å². The molecule has 0 saturated carbocycles. The van der Waals surface area contributed by atoms with Gasteiger partial charge in [-0.1, -0.05) is 28.1 Å². The third-order valence-electron chi connectivity index (χ3n) is 4.65. The van der Waals surface area contributed by atoms with E-state index in [9.17, 15) is 18.8 Å². The third kappa shape index (κ3) is 6.42. The standard InChI is InChI=1S/C21H29BrFN3O4/c1-21(2,3)30-20(29)24-17(19(28)26-11-10-15(23)12-26)16(18(27)25(4)5)13-6-8-14(22)9-7-13/h6-9,15-17H,10-12H2,1-5H3,(H,24,29)/t15-,16-,17-/m0/s1. The average Bonchev–Trinajstić information content (AvgIpc) is 3.06. The van der Waals surface area contributed by atoms with Gasteiger partial charge in [0, 0.05) is 25.1 Å². The van der Waals surface area contributed by atoms with Gasteiger partial charge in [-0.3, -0.25) is 9.59 Å². The number of alkyl carbamates (subject to hydrolysis) is 1. The first-order valence-corrected chi connectivity index (χ1v) is 10.6. The number of likely N-dealkylation sites (N-methyl/N-ethyl adjacent to an activating group) is 1. The second-order valence-corrected chi connectivity index (χ2v) is 9.47. The molecule has 7 nitrogen and oxygen atoms in total. The quantitative estimate of drug-likeness (QED) is 0.694. The lowest BCUT2D eigenvalue weighted by atomic mass is 9.89. The zero-order chi connectivity index (χ0) is 22.6. The molecule has 1 aromatic carbocycles.